The van der Waals surface area contributed by atoms with Crippen LogP contribution in [-0.2, 0) is 24.7 Å². The monoisotopic (exact) mass is 461 g/mol. The van der Waals surface area contributed by atoms with Gasteiger partial charge in [-0.05, 0) is 71.5 Å². The molecule has 0 saturated heterocycles. The zero-order valence-corrected chi connectivity index (χ0v) is 18.3. The molecule has 3 aromatic rings. The second kappa shape index (κ2) is 8.72. The number of oxime groups is 1. The van der Waals surface area contributed by atoms with Gasteiger partial charge in [0.15, 0.2) is 0 Å². The number of aryl methyl sites for hydroxylation is 1. The molecule has 1 aliphatic carbocycles. The van der Waals surface area contributed by atoms with E-state index in [-0.39, 0.29) is 23.8 Å². The zero-order valence-electron chi connectivity index (χ0n) is 18.3. The number of tetrazole rings is 1. The summed E-state index contributed by atoms with van der Waals surface area (Å²) in [6, 6.07) is 9.11. The lowest BCUT2D eigenvalue weighted by atomic mass is 10.0. The van der Waals surface area contributed by atoms with Gasteiger partial charge < -0.3 is 9.57 Å². The first-order chi connectivity index (χ1) is 15.7. The Labute approximate surface area is 187 Å². The molecule has 0 amide bonds. The molecule has 4 rings (SSSR count). The lowest BCUT2D eigenvalue weighted by Crippen LogP contribution is -2.23. The van der Waals surface area contributed by atoms with Crippen LogP contribution in [0.15, 0.2) is 46.3 Å². The van der Waals surface area contributed by atoms with Crippen molar-refractivity contribution in [1.82, 2.24) is 19.8 Å². The van der Waals surface area contributed by atoms with Gasteiger partial charge >= 0.3 is 11.9 Å². The van der Waals surface area contributed by atoms with Crippen LogP contribution < -0.4 is 10.4 Å². The number of aromatic nitrogens is 4. The summed E-state index contributed by atoms with van der Waals surface area (Å²) in [5.74, 6) is -0.0483. The number of benzene rings is 2. The number of halogens is 3. The quantitative estimate of drug-likeness (QED) is 0.395. The molecule has 0 unspecified atom stereocenters. The third kappa shape index (κ3) is 4.62. The van der Waals surface area contributed by atoms with Crippen LogP contribution in [0.2, 0.25) is 0 Å². The Hall–Kier alpha value is -3.63. The van der Waals surface area contributed by atoms with Crippen molar-refractivity contribution in [2.24, 2.45) is 12.2 Å². The van der Waals surface area contributed by atoms with Crippen LogP contribution in [0.3, 0.4) is 0 Å². The lowest BCUT2D eigenvalue weighted by Gasteiger charge is -2.18. The van der Waals surface area contributed by atoms with E-state index in [1.165, 1.54) is 26.3 Å². The molecule has 1 aromatic heterocycles. The van der Waals surface area contributed by atoms with E-state index >= 15 is 0 Å². The van der Waals surface area contributed by atoms with Crippen molar-refractivity contribution in [3.05, 3.63) is 69.1 Å². The molecule has 0 spiro atoms. The summed E-state index contributed by atoms with van der Waals surface area (Å²) in [4.78, 5) is 17.1. The molecule has 174 valence electrons. The SMILES string of the molecule is CO/N=C(/C)c1ccc(OCc2c(C3CC3)cccc2-n2nnn(C)c2=O)c(C(F)(F)F)c1. The average molecular weight is 461 g/mol. The van der Waals surface area contributed by atoms with Gasteiger partial charge in [0.25, 0.3) is 0 Å². The molecule has 8 nitrogen and oxygen atoms in total. The minimum Gasteiger partial charge on any atom is -0.488 e. The maximum absolute atomic E-state index is 13.8. The summed E-state index contributed by atoms with van der Waals surface area (Å²) in [6.45, 7) is 1.38. The van der Waals surface area contributed by atoms with Crippen molar-refractivity contribution >= 4 is 5.71 Å². The molecule has 1 aliphatic rings. The number of nitrogens with zero attached hydrogens (tertiary/aromatic N) is 5. The summed E-state index contributed by atoms with van der Waals surface area (Å²) < 4.78 is 49.3. The highest BCUT2D eigenvalue weighted by Crippen LogP contribution is 2.43. The Morgan fingerprint density at radius 3 is 2.58 bits per heavy atom. The molecule has 1 fully saturated rings. The summed E-state index contributed by atoms with van der Waals surface area (Å²) in [7, 11) is 2.79. The molecular formula is C22H22F3N5O3. The van der Waals surface area contributed by atoms with E-state index in [1.54, 1.807) is 19.1 Å². The van der Waals surface area contributed by atoms with Crippen LogP contribution in [0.25, 0.3) is 5.69 Å². The molecule has 0 N–H and O–H groups in total. The fourth-order valence-corrected chi connectivity index (χ4v) is 3.63. The second-order valence-corrected chi connectivity index (χ2v) is 7.77. The fourth-order valence-electron chi connectivity index (χ4n) is 3.63. The molecule has 0 atom stereocenters. The maximum Gasteiger partial charge on any atom is 0.419 e. The molecule has 0 radical (unpaired) electrons. The van der Waals surface area contributed by atoms with Gasteiger partial charge in [-0.15, -0.1) is 0 Å². The minimum absolute atomic E-state index is 0.168. The van der Waals surface area contributed by atoms with Gasteiger partial charge in [0.1, 0.15) is 19.5 Å². The summed E-state index contributed by atoms with van der Waals surface area (Å²) in [5.41, 5.74) is 1.16. The molecule has 1 saturated carbocycles. The van der Waals surface area contributed by atoms with Crippen LogP contribution in [0.4, 0.5) is 13.2 Å². The first-order valence-electron chi connectivity index (χ1n) is 10.2. The van der Waals surface area contributed by atoms with Crippen molar-refractivity contribution < 1.29 is 22.7 Å². The van der Waals surface area contributed by atoms with Crippen LogP contribution in [0, 0.1) is 0 Å². The van der Waals surface area contributed by atoms with Crippen molar-refractivity contribution in [1.29, 1.82) is 0 Å². The number of alkyl halides is 3. The Morgan fingerprint density at radius 2 is 1.97 bits per heavy atom. The van der Waals surface area contributed by atoms with Crippen LogP contribution in [0.1, 0.15) is 47.9 Å². The van der Waals surface area contributed by atoms with Crippen LogP contribution >= 0.6 is 0 Å². The third-order valence-electron chi connectivity index (χ3n) is 5.46. The predicted octanol–water partition coefficient (Wildman–Crippen LogP) is 3.81. The summed E-state index contributed by atoms with van der Waals surface area (Å²) in [5, 5.41) is 11.3. The van der Waals surface area contributed by atoms with E-state index in [0.717, 1.165) is 33.8 Å². The Kier molecular flexibility index (Phi) is 5.96. The summed E-state index contributed by atoms with van der Waals surface area (Å²) >= 11 is 0. The van der Waals surface area contributed by atoms with Gasteiger partial charge in [-0.25, -0.2) is 4.79 Å². The van der Waals surface area contributed by atoms with E-state index < -0.39 is 17.4 Å². The Balaban J connectivity index is 1.73. The van der Waals surface area contributed by atoms with Gasteiger partial charge in [-0.1, -0.05) is 17.3 Å². The van der Waals surface area contributed by atoms with E-state index in [2.05, 4.69) is 20.4 Å². The highest BCUT2D eigenvalue weighted by Gasteiger charge is 2.35. The van der Waals surface area contributed by atoms with Crippen molar-refractivity contribution in [2.75, 3.05) is 7.11 Å². The number of ether oxygens (including phenoxy) is 1. The van der Waals surface area contributed by atoms with Gasteiger partial charge in [-0.3, -0.25) is 0 Å². The predicted molar refractivity (Wildman–Crippen MR) is 114 cm³/mol. The molecule has 1 heterocycles. The van der Waals surface area contributed by atoms with E-state index in [9.17, 15) is 18.0 Å². The fraction of sp³-hybridized carbons (Fsp3) is 0.364. The molecule has 0 aliphatic heterocycles. The van der Waals surface area contributed by atoms with Gasteiger partial charge in [0.2, 0.25) is 0 Å². The van der Waals surface area contributed by atoms with Crippen LogP contribution in [-0.4, -0.2) is 32.6 Å². The zero-order chi connectivity index (χ0) is 23.8. The number of hydrogen-bond acceptors (Lipinski definition) is 6. The lowest BCUT2D eigenvalue weighted by molar-refractivity contribution is -0.139. The maximum atomic E-state index is 13.8. The largest absolute Gasteiger partial charge is 0.488 e. The van der Waals surface area contributed by atoms with Crippen LogP contribution in [0.5, 0.6) is 5.75 Å². The first-order valence-corrected chi connectivity index (χ1v) is 10.2. The molecule has 33 heavy (non-hydrogen) atoms. The first kappa shape index (κ1) is 22.6. The average Bonchev–Trinajstić information content (AvgIpc) is 3.57. The van der Waals surface area contributed by atoms with E-state index in [4.69, 9.17) is 4.74 Å². The Bertz CT molecular complexity index is 1260. The number of hydrogen-bond donors (Lipinski definition) is 0. The number of rotatable bonds is 7. The van der Waals surface area contributed by atoms with E-state index in [1.807, 2.05) is 6.07 Å². The van der Waals surface area contributed by atoms with Gasteiger partial charge in [0.05, 0.1) is 17.0 Å². The molecule has 0 bridgehead atoms. The highest BCUT2D eigenvalue weighted by atomic mass is 19.4. The molecule has 11 heteroatoms. The second-order valence-electron chi connectivity index (χ2n) is 7.77. The van der Waals surface area contributed by atoms with Crippen molar-refractivity contribution in [2.45, 2.75) is 38.5 Å². The van der Waals surface area contributed by atoms with Gasteiger partial charge in [0, 0.05) is 12.6 Å². The highest BCUT2D eigenvalue weighted by molar-refractivity contribution is 5.98. The Morgan fingerprint density at radius 1 is 1.21 bits per heavy atom. The van der Waals surface area contributed by atoms with E-state index in [0.29, 0.717) is 17.0 Å². The van der Waals surface area contributed by atoms with Crippen molar-refractivity contribution in [3.8, 4) is 11.4 Å². The molecular weight excluding hydrogens is 439 g/mol. The standard InChI is InChI=1S/C22H22F3N5O3/c1-13(26-32-3)15-9-10-20(18(11-15)22(23,24)25)33-12-17-16(14-7-8-14)5-4-6-19(17)30-21(31)29(2)27-28-30/h4-6,9-11,14H,7-8,12H2,1-3H3/b26-13-. The van der Waals surface area contributed by atoms with Crippen molar-refractivity contribution in [3.63, 3.8) is 0 Å². The third-order valence-corrected chi connectivity index (χ3v) is 5.46. The molecule has 2 aromatic carbocycles. The normalized spacial score (nSPS) is 14.4. The van der Waals surface area contributed by atoms with Gasteiger partial charge in [-0.2, -0.15) is 22.5 Å². The minimum atomic E-state index is -4.64. The summed E-state index contributed by atoms with van der Waals surface area (Å²) in [6.07, 6.45) is -2.71. The smallest absolute Gasteiger partial charge is 0.419 e. The topological polar surface area (TPSA) is 83.5 Å².